The largest absolute Gasteiger partial charge is 0.462 e. The Labute approximate surface area is 97.4 Å². The summed E-state index contributed by atoms with van der Waals surface area (Å²) in [5, 5.41) is 4.03. The lowest BCUT2D eigenvalue weighted by Crippen LogP contribution is -2.27. The number of nitrogens with zero attached hydrogens (tertiary/aromatic N) is 3. The molecule has 0 aromatic carbocycles. The molecule has 0 fully saturated rings. The smallest absolute Gasteiger partial charge is 0.350 e. The van der Waals surface area contributed by atoms with Crippen LogP contribution >= 0.6 is 0 Å². The second kappa shape index (κ2) is 4.40. The predicted octanol–water partition coefficient (Wildman–Crippen LogP) is 0.448. The van der Waals surface area contributed by atoms with E-state index in [0.717, 1.165) is 4.68 Å². The maximum atomic E-state index is 11.8. The number of carbonyl (C=O) groups excluding carboxylic acids is 1. The number of hydrogen-bond acceptors (Lipinski definition) is 4. The molecule has 0 unspecified atom stereocenters. The average Bonchev–Trinajstić information content (AvgIpc) is 2.55. The topological polar surface area (TPSA) is 65.6 Å². The van der Waals surface area contributed by atoms with Crippen LogP contribution < -0.4 is 5.69 Å². The summed E-state index contributed by atoms with van der Waals surface area (Å²) < 4.78 is 7.43. The fraction of sp³-hybridized carbons (Fsp3) is 0.364. The van der Waals surface area contributed by atoms with Crippen molar-refractivity contribution >= 4 is 11.6 Å². The summed E-state index contributed by atoms with van der Waals surface area (Å²) >= 11 is 0. The molecule has 2 aromatic heterocycles. The number of carbonyl (C=O) groups is 1. The number of aromatic nitrogens is 3. The van der Waals surface area contributed by atoms with E-state index >= 15 is 0 Å². The first-order valence-electron chi connectivity index (χ1n) is 5.31. The van der Waals surface area contributed by atoms with E-state index in [4.69, 9.17) is 4.74 Å². The van der Waals surface area contributed by atoms with Crippen molar-refractivity contribution in [3.63, 3.8) is 0 Å². The molecule has 0 saturated carbocycles. The van der Waals surface area contributed by atoms with Gasteiger partial charge in [-0.2, -0.15) is 0 Å². The molecule has 2 rings (SSSR count). The van der Waals surface area contributed by atoms with Gasteiger partial charge in [0.15, 0.2) is 5.65 Å². The van der Waals surface area contributed by atoms with E-state index in [2.05, 4.69) is 5.10 Å². The van der Waals surface area contributed by atoms with Crippen LogP contribution in [-0.4, -0.2) is 26.3 Å². The van der Waals surface area contributed by atoms with Gasteiger partial charge in [0.2, 0.25) is 0 Å². The number of fused-ring (bicyclic) bond motifs is 1. The van der Waals surface area contributed by atoms with E-state index in [-0.39, 0.29) is 18.3 Å². The third-order valence-corrected chi connectivity index (χ3v) is 2.13. The van der Waals surface area contributed by atoms with Crippen LogP contribution in [0.2, 0.25) is 0 Å². The summed E-state index contributed by atoms with van der Waals surface area (Å²) in [4.78, 5) is 23.2. The zero-order valence-corrected chi connectivity index (χ0v) is 9.66. The second-order valence-electron chi connectivity index (χ2n) is 3.91. The lowest BCUT2D eigenvalue weighted by molar-refractivity contribution is -0.148. The predicted molar refractivity (Wildman–Crippen MR) is 60.7 cm³/mol. The molecular weight excluding hydrogens is 222 g/mol. The molecule has 0 atom stereocenters. The Hall–Kier alpha value is -2.11. The first kappa shape index (κ1) is 11.4. The van der Waals surface area contributed by atoms with Crippen molar-refractivity contribution in [3.05, 3.63) is 34.9 Å². The quantitative estimate of drug-likeness (QED) is 0.724. The zero-order valence-electron chi connectivity index (χ0n) is 9.66. The highest BCUT2D eigenvalue weighted by molar-refractivity contribution is 5.69. The molecule has 0 radical (unpaired) electrons. The fourth-order valence-electron chi connectivity index (χ4n) is 1.49. The minimum Gasteiger partial charge on any atom is -0.462 e. The van der Waals surface area contributed by atoms with Crippen molar-refractivity contribution in [1.82, 2.24) is 14.2 Å². The number of ether oxygens (including phenoxy) is 1. The normalized spacial score (nSPS) is 11.0. The standard InChI is InChI=1S/C11H13N3O3/c1-8(2)17-10(15)7-14-11(16)13-6-4-3-5-9(13)12-14/h3-6,8H,7H2,1-2H3. The van der Waals surface area contributed by atoms with Gasteiger partial charge in [-0.3, -0.25) is 9.20 Å². The van der Waals surface area contributed by atoms with E-state index in [1.807, 2.05) is 0 Å². The summed E-state index contributed by atoms with van der Waals surface area (Å²) in [7, 11) is 0. The van der Waals surface area contributed by atoms with Gasteiger partial charge in [-0.15, -0.1) is 5.10 Å². The second-order valence-corrected chi connectivity index (χ2v) is 3.91. The highest BCUT2D eigenvalue weighted by Gasteiger charge is 2.11. The highest BCUT2D eigenvalue weighted by Crippen LogP contribution is 1.96. The Morgan fingerprint density at radius 2 is 2.24 bits per heavy atom. The molecule has 0 spiro atoms. The molecule has 6 nitrogen and oxygen atoms in total. The highest BCUT2D eigenvalue weighted by atomic mass is 16.5. The van der Waals surface area contributed by atoms with Crippen LogP contribution in [0, 0.1) is 0 Å². The Morgan fingerprint density at radius 1 is 1.47 bits per heavy atom. The summed E-state index contributed by atoms with van der Waals surface area (Å²) in [6.45, 7) is 3.34. The van der Waals surface area contributed by atoms with E-state index < -0.39 is 5.97 Å². The van der Waals surface area contributed by atoms with Crippen LogP contribution in [0.1, 0.15) is 13.8 Å². The van der Waals surface area contributed by atoms with Gasteiger partial charge in [-0.1, -0.05) is 6.07 Å². The van der Waals surface area contributed by atoms with Crippen LogP contribution in [0.15, 0.2) is 29.2 Å². The summed E-state index contributed by atoms with van der Waals surface area (Å²) in [5.74, 6) is -0.467. The van der Waals surface area contributed by atoms with Gasteiger partial charge in [0.05, 0.1) is 6.10 Å². The SMILES string of the molecule is CC(C)OC(=O)Cn1nc2ccccn2c1=O. The van der Waals surface area contributed by atoms with E-state index in [1.54, 1.807) is 38.2 Å². The molecule has 0 amide bonds. The molecule has 90 valence electrons. The number of esters is 1. The van der Waals surface area contributed by atoms with Crippen LogP contribution in [-0.2, 0) is 16.1 Å². The Balaban J connectivity index is 2.28. The van der Waals surface area contributed by atoms with E-state index in [0.29, 0.717) is 5.65 Å². The number of pyridine rings is 1. The fourth-order valence-corrected chi connectivity index (χ4v) is 1.49. The lowest BCUT2D eigenvalue weighted by atomic mass is 10.5. The molecule has 0 aliphatic carbocycles. The molecular formula is C11H13N3O3. The van der Waals surface area contributed by atoms with E-state index in [9.17, 15) is 9.59 Å². The minimum atomic E-state index is -0.467. The maximum absolute atomic E-state index is 11.8. The third-order valence-electron chi connectivity index (χ3n) is 2.13. The van der Waals surface area contributed by atoms with Gasteiger partial charge in [0.25, 0.3) is 0 Å². The van der Waals surface area contributed by atoms with Crippen LogP contribution in [0.3, 0.4) is 0 Å². The molecule has 17 heavy (non-hydrogen) atoms. The van der Waals surface area contributed by atoms with Crippen molar-refractivity contribution in [1.29, 1.82) is 0 Å². The average molecular weight is 235 g/mol. The molecule has 6 heteroatoms. The molecule has 0 N–H and O–H groups in total. The molecule has 2 heterocycles. The zero-order chi connectivity index (χ0) is 12.4. The molecule has 0 bridgehead atoms. The Kier molecular flexibility index (Phi) is 2.95. The number of rotatable bonds is 3. The van der Waals surface area contributed by atoms with Crippen LogP contribution in [0.25, 0.3) is 5.65 Å². The molecule has 0 aliphatic heterocycles. The minimum absolute atomic E-state index is 0.168. The van der Waals surface area contributed by atoms with Crippen molar-refractivity contribution in [2.45, 2.75) is 26.5 Å². The van der Waals surface area contributed by atoms with Crippen molar-refractivity contribution in [2.24, 2.45) is 0 Å². The first-order valence-corrected chi connectivity index (χ1v) is 5.31. The first-order chi connectivity index (χ1) is 8.08. The van der Waals surface area contributed by atoms with Crippen LogP contribution in [0.5, 0.6) is 0 Å². The maximum Gasteiger partial charge on any atom is 0.350 e. The third kappa shape index (κ3) is 2.35. The van der Waals surface area contributed by atoms with E-state index in [1.165, 1.54) is 4.40 Å². The van der Waals surface area contributed by atoms with Gasteiger partial charge in [-0.05, 0) is 26.0 Å². The van der Waals surface area contributed by atoms with Crippen LogP contribution in [0.4, 0.5) is 0 Å². The van der Waals surface area contributed by atoms with Gasteiger partial charge in [0.1, 0.15) is 6.54 Å². The monoisotopic (exact) mass is 235 g/mol. The van der Waals surface area contributed by atoms with Crippen molar-refractivity contribution < 1.29 is 9.53 Å². The van der Waals surface area contributed by atoms with Gasteiger partial charge in [0, 0.05) is 6.20 Å². The molecule has 0 saturated heterocycles. The Morgan fingerprint density at radius 3 is 2.88 bits per heavy atom. The van der Waals surface area contributed by atoms with Gasteiger partial charge >= 0.3 is 11.7 Å². The van der Waals surface area contributed by atoms with Gasteiger partial charge in [-0.25, -0.2) is 9.48 Å². The van der Waals surface area contributed by atoms with Crippen molar-refractivity contribution in [2.75, 3.05) is 0 Å². The van der Waals surface area contributed by atoms with Gasteiger partial charge < -0.3 is 4.74 Å². The summed E-state index contributed by atoms with van der Waals surface area (Å²) in [5.41, 5.74) is 0.163. The number of hydrogen-bond donors (Lipinski definition) is 0. The Bertz CT molecular complexity index is 597. The molecule has 0 aliphatic rings. The lowest BCUT2D eigenvalue weighted by Gasteiger charge is -2.06. The summed E-state index contributed by atoms with van der Waals surface area (Å²) in [6, 6.07) is 5.21. The van der Waals surface area contributed by atoms with Crippen molar-refractivity contribution in [3.8, 4) is 0 Å². The summed E-state index contributed by atoms with van der Waals surface area (Å²) in [6.07, 6.45) is 1.41. The molecule has 2 aromatic rings.